The van der Waals surface area contributed by atoms with Gasteiger partial charge in [0.2, 0.25) is 0 Å². The molecule has 0 spiro atoms. The minimum atomic E-state index is -0.0620. The molecule has 3 nitrogen and oxygen atoms in total. The summed E-state index contributed by atoms with van der Waals surface area (Å²) in [7, 11) is 0. The molecule has 0 fully saturated rings. The highest BCUT2D eigenvalue weighted by Crippen LogP contribution is 2.03. The summed E-state index contributed by atoms with van der Waals surface area (Å²) in [5.74, 6) is 0. The van der Waals surface area contributed by atoms with Gasteiger partial charge >= 0.3 is 0 Å². The standard InChI is InChI=1S/C11H12N2O/c14-11-8-10(12-13-11)7-6-9-4-2-1-3-5-9/h1-5,8H,6-7H2,(H2,12,13,14). The lowest BCUT2D eigenvalue weighted by Crippen LogP contribution is -1.94. The summed E-state index contributed by atoms with van der Waals surface area (Å²) in [4.78, 5) is 10.8. The number of hydrogen-bond acceptors (Lipinski definition) is 1. The summed E-state index contributed by atoms with van der Waals surface area (Å²) in [5.41, 5.74) is 2.18. The first-order chi connectivity index (χ1) is 6.84. The number of nitrogens with one attached hydrogen (secondary N) is 2. The van der Waals surface area contributed by atoms with Gasteiger partial charge in [0.25, 0.3) is 5.56 Å². The van der Waals surface area contributed by atoms with E-state index in [0.717, 1.165) is 18.5 Å². The SMILES string of the molecule is O=c1cc(CCc2ccccc2)[nH][nH]1. The smallest absolute Gasteiger partial charge is 0.264 e. The van der Waals surface area contributed by atoms with Crippen molar-refractivity contribution in [3.05, 3.63) is 58.0 Å². The van der Waals surface area contributed by atoms with Gasteiger partial charge in [-0.25, -0.2) is 0 Å². The molecule has 0 bridgehead atoms. The first kappa shape index (κ1) is 8.81. The van der Waals surface area contributed by atoms with Gasteiger partial charge in [0.05, 0.1) is 0 Å². The number of aromatic nitrogens is 2. The van der Waals surface area contributed by atoms with Crippen LogP contribution in [0.15, 0.2) is 41.2 Å². The van der Waals surface area contributed by atoms with Crippen LogP contribution in [0.5, 0.6) is 0 Å². The molecule has 0 atom stereocenters. The van der Waals surface area contributed by atoms with Crippen LogP contribution in [-0.2, 0) is 12.8 Å². The Morgan fingerprint density at radius 2 is 1.79 bits per heavy atom. The van der Waals surface area contributed by atoms with Crippen molar-refractivity contribution in [2.24, 2.45) is 0 Å². The quantitative estimate of drug-likeness (QED) is 0.753. The van der Waals surface area contributed by atoms with E-state index < -0.39 is 0 Å². The van der Waals surface area contributed by atoms with E-state index in [0.29, 0.717) is 0 Å². The molecule has 2 rings (SSSR count). The summed E-state index contributed by atoms with van der Waals surface area (Å²) in [6.45, 7) is 0. The number of aromatic amines is 2. The van der Waals surface area contributed by atoms with E-state index in [2.05, 4.69) is 22.3 Å². The third-order valence-corrected chi connectivity index (χ3v) is 2.18. The summed E-state index contributed by atoms with van der Waals surface area (Å²) in [5, 5.41) is 5.36. The Bertz CT molecular complexity index is 442. The van der Waals surface area contributed by atoms with E-state index >= 15 is 0 Å². The van der Waals surface area contributed by atoms with E-state index in [9.17, 15) is 4.79 Å². The Labute approximate surface area is 81.8 Å². The second-order valence-corrected chi connectivity index (χ2v) is 3.27. The summed E-state index contributed by atoms with van der Waals surface area (Å²) in [6, 6.07) is 11.8. The normalized spacial score (nSPS) is 10.3. The van der Waals surface area contributed by atoms with Crippen molar-refractivity contribution in [2.45, 2.75) is 12.8 Å². The van der Waals surface area contributed by atoms with Crippen LogP contribution in [-0.4, -0.2) is 10.2 Å². The van der Waals surface area contributed by atoms with Crippen LogP contribution in [0.2, 0.25) is 0 Å². The number of rotatable bonds is 3. The van der Waals surface area contributed by atoms with Gasteiger partial charge in [0, 0.05) is 11.8 Å². The molecule has 2 N–H and O–H groups in total. The molecule has 0 saturated heterocycles. The predicted molar refractivity (Wildman–Crippen MR) is 55.3 cm³/mol. The fraction of sp³-hybridized carbons (Fsp3) is 0.182. The fourth-order valence-corrected chi connectivity index (χ4v) is 1.43. The topological polar surface area (TPSA) is 48.6 Å². The number of aryl methyl sites for hydroxylation is 2. The Kier molecular flexibility index (Phi) is 2.49. The third-order valence-electron chi connectivity index (χ3n) is 2.18. The Balaban J connectivity index is 1.98. The van der Waals surface area contributed by atoms with E-state index in [1.54, 1.807) is 6.07 Å². The van der Waals surface area contributed by atoms with Crippen LogP contribution in [0.1, 0.15) is 11.3 Å². The molecule has 3 heteroatoms. The molecule has 1 heterocycles. The van der Waals surface area contributed by atoms with Crippen LogP contribution in [0.3, 0.4) is 0 Å². The summed E-state index contributed by atoms with van der Waals surface area (Å²) < 4.78 is 0. The van der Waals surface area contributed by atoms with Gasteiger partial charge < -0.3 is 5.10 Å². The molecule has 0 amide bonds. The monoisotopic (exact) mass is 188 g/mol. The lowest BCUT2D eigenvalue weighted by molar-refractivity contribution is 0.890. The highest BCUT2D eigenvalue weighted by Gasteiger charge is 1.97. The molecule has 0 radical (unpaired) electrons. The van der Waals surface area contributed by atoms with Crippen LogP contribution >= 0.6 is 0 Å². The van der Waals surface area contributed by atoms with Gasteiger partial charge in [-0.1, -0.05) is 30.3 Å². The minimum absolute atomic E-state index is 0.0620. The van der Waals surface area contributed by atoms with Gasteiger partial charge in [-0.2, -0.15) is 0 Å². The van der Waals surface area contributed by atoms with Crippen LogP contribution in [0.4, 0.5) is 0 Å². The van der Waals surface area contributed by atoms with Gasteiger partial charge in [-0.3, -0.25) is 9.89 Å². The zero-order valence-corrected chi connectivity index (χ0v) is 7.79. The van der Waals surface area contributed by atoms with Crippen molar-refractivity contribution in [3.63, 3.8) is 0 Å². The van der Waals surface area contributed by atoms with E-state index in [1.807, 2.05) is 18.2 Å². The average Bonchev–Trinajstić information content (AvgIpc) is 2.63. The predicted octanol–water partition coefficient (Wildman–Crippen LogP) is 1.49. The molecule has 0 saturated carbocycles. The molecule has 1 aromatic carbocycles. The molecule has 2 aromatic rings. The van der Waals surface area contributed by atoms with Crippen molar-refractivity contribution >= 4 is 0 Å². The van der Waals surface area contributed by atoms with Crippen molar-refractivity contribution in [3.8, 4) is 0 Å². The van der Waals surface area contributed by atoms with Crippen LogP contribution in [0.25, 0.3) is 0 Å². The van der Waals surface area contributed by atoms with Gasteiger partial charge in [0.1, 0.15) is 0 Å². The van der Waals surface area contributed by atoms with Crippen molar-refractivity contribution < 1.29 is 0 Å². The fourth-order valence-electron chi connectivity index (χ4n) is 1.43. The first-order valence-corrected chi connectivity index (χ1v) is 4.65. The minimum Gasteiger partial charge on any atom is -0.302 e. The average molecular weight is 188 g/mol. The maximum atomic E-state index is 10.8. The lowest BCUT2D eigenvalue weighted by atomic mass is 10.1. The molecule has 0 aliphatic heterocycles. The summed E-state index contributed by atoms with van der Waals surface area (Å²) >= 11 is 0. The van der Waals surface area contributed by atoms with E-state index in [1.165, 1.54) is 5.56 Å². The van der Waals surface area contributed by atoms with Gasteiger partial charge in [0.15, 0.2) is 0 Å². The van der Waals surface area contributed by atoms with Crippen molar-refractivity contribution in [1.82, 2.24) is 10.2 Å². The van der Waals surface area contributed by atoms with Crippen molar-refractivity contribution in [1.29, 1.82) is 0 Å². The maximum absolute atomic E-state index is 10.8. The Hall–Kier alpha value is -1.77. The molecule has 0 unspecified atom stereocenters. The first-order valence-electron chi connectivity index (χ1n) is 4.65. The third kappa shape index (κ3) is 2.13. The highest BCUT2D eigenvalue weighted by molar-refractivity contribution is 5.16. The Morgan fingerprint density at radius 3 is 2.43 bits per heavy atom. The van der Waals surface area contributed by atoms with E-state index in [4.69, 9.17) is 0 Å². The second kappa shape index (κ2) is 3.96. The molecular formula is C11H12N2O. The largest absolute Gasteiger partial charge is 0.302 e. The number of H-pyrrole nitrogens is 2. The number of benzene rings is 1. The molecule has 72 valence electrons. The van der Waals surface area contributed by atoms with Crippen LogP contribution in [0, 0.1) is 0 Å². The zero-order valence-electron chi connectivity index (χ0n) is 7.79. The molecule has 0 aliphatic carbocycles. The molecule has 1 aromatic heterocycles. The zero-order chi connectivity index (χ0) is 9.80. The maximum Gasteiger partial charge on any atom is 0.264 e. The lowest BCUT2D eigenvalue weighted by Gasteiger charge is -1.97. The second-order valence-electron chi connectivity index (χ2n) is 3.27. The highest BCUT2D eigenvalue weighted by atomic mass is 16.1. The molecule has 14 heavy (non-hydrogen) atoms. The molecular weight excluding hydrogens is 176 g/mol. The summed E-state index contributed by atoms with van der Waals surface area (Å²) in [6.07, 6.45) is 1.82. The molecule has 0 aliphatic rings. The van der Waals surface area contributed by atoms with Crippen LogP contribution < -0.4 is 5.56 Å². The van der Waals surface area contributed by atoms with Gasteiger partial charge in [-0.05, 0) is 18.4 Å². The Morgan fingerprint density at radius 1 is 1.00 bits per heavy atom. The van der Waals surface area contributed by atoms with Crippen molar-refractivity contribution in [2.75, 3.05) is 0 Å². The van der Waals surface area contributed by atoms with E-state index in [-0.39, 0.29) is 5.56 Å². The van der Waals surface area contributed by atoms with Gasteiger partial charge in [-0.15, -0.1) is 0 Å². The number of hydrogen-bond donors (Lipinski definition) is 2.